The Morgan fingerprint density at radius 3 is 2.82 bits per heavy atom. The second-order valence-corrected chi connectivity index (χ2v) is 5.75. The molecule has 1 heterocycles. The van der Waals surface area contributed by atoms with Gasteiger partial charge in [-0.15, -0.1) is 0 Å². The topological polar surface area (TPSA) is 75.4 Å². The maximum Gasteiger partial charge on any atom is 0.226 e. The standard InChI is InChI=1S/C17H20N2O3/c20-9-8-15(12-6-7-12)18-17(21)11-14-10-16(22-19-14)13-4-2-1-3-5-13/h1-5,10,12,15,20H,6-9,11H2,(H,18,21). The summed E-state index contributed by atoms with van der Waals surface area (Å²) >= 11 is 0. The average Bonchev–Trinajstić information content (AvgIpc) is 3.28. The van der Waals surface area contributed by atoms with Crippen molar-refractivity contribution in [1.82, 2.24) is 10.5 Å². The van der Waals surface area contributed by atoms with E-state index in [0.717, 1.165) is 18.4 Å². The number of hydrogen-bond donors (Lipinski definition) is 2. The lowest BCUT2D eigenvalue weighted by molar-refractivity contribution is -0.121. The maximum absolute atomic E-state index is 12.1. The van der Waals surface area contributed by atoms with Crippen molar-refractivity contribution in [3.8, 4) is 11.3 Å². The monoisotopic (exact) mass is 300 g/mol. The normalized spacial score (nSPS) is 15.5. The van der Waals surface area contributed by atoms with Crippen molar-refractivity contribution in [2.45, 2.75) is 31.7 Å². The molecule has 1 aliphatic carbocycles. The Morgan fingerprint density at radius 1 is 1.36 bits per heavy atom. The molecule has 1 atom stereocenters. The number of rotatable bonds is 7. The number of benzene rings is 1. The zero-order valence-electron chi connectivity index (χ0n) is 12.4. The van der Waals surface area contributed by atoms with Crippen LogP contribution in [0.5, 0.6) is 0 Å². The van der Waals surface area contributed by atoms with Crippen LogP contribution in [0.1, 0.15) is 25.0 Å². The first-order valence-corrected chi connectivity index (χ1v) is 7.67. The minimum atomic E-state index is -0.0711. The summed E-state index contributed by atoms with van der Waals surface area (Å²) in [4.78, 5) is 12.1. The van der Waals surface area contributed by atoms with Crippen LogP contribution in [0.25, 0.3) is 11.3 Å². The minimum absolute atomic E-state index is 0.0711. The summed E-state index contributed by atoms with van der Waals surface area (Å²) in [6, 6.07) is 11.6. The molecule has 22 heavy (non-hydrogen) atoms. The van der Waals surface area contributed by atoms with Crippen molar-refractivity contribution >= 4 is 5.91 Å². The number of aliphatic hydroxyl groups is 1. The summed E-state index contributed by atoms with van der Waals surface area (Å²) in [6.45, 7) is 0.101. The number of nitrogens with zero attached hydrogens (tertiary/aromatic N) is 1. The van der Waals surface area contributed by atoms with Gasteiger partial charge in [-0.3, -0.25) is 4.79 Å². The Morgan fingerprint density at radius 2 is 2.14 bits per heavy atom. The molecule has 3 rings (SSSR count). The van der Waals surface area contributed by atoms with E-state index in [4.69, 9.17) is 9.63 Å². The van der Waals surface area contributed by atoms with Gasteiger partial charge in [-0.05, 0) is 25.2 Å². The summed E-state index contributed by atoms with van der Waals surface area (Å²) < 4.78 is 5.29. The molecule has 1 fully saturated rings. The number of carbonyl (C=O) groups excluding carboxylic acids is 1. The largest absolute Gasteiger partial charge is 0.396 e. The first kappa shape index (κ1) is 14.8. The van der Waals surface area contributed by atoms with Gasteiger partial charge in [-0.1, -0.05) is 35.5 Å². The molecular formula is C17H20N2O3. The molecule has 1 unspecified atom stereocenters. The Kier molecular flexibility index (Phi) is 4.53. The first-order chi connectivity index (χ1) is 10.8. The van der Waals surface area contributed by atoms with Gasteiger partial charge in [0.15, 0.2) is 5.76 Å². The predicted molar refractivity (Wildman–Crippen MR) is 82.0 cm³/mol. The molecule has 0 spiro atoms. The molecular weight excluding hydrogens is 280 g/mol. The molecule has 5 heteroatoms. The van der Waals surface area contributed by atoms with Crippen LogP contribution in [0.4, 0.5) is 0 Å². The van der Waals surface area contributed by atoms with E-state index in [1.807, 2.05) is 30.3 Å². The summed E-state index contributed by atoms with van der Waals surface area (Å²) in [5.74, 6) is 1.11. The third-order valence-corrected chi connectivity index (χ3v) is 3.94. The zero-order chi connectivity index (χ0) is 15.4. The molecule has 0 bridgehead atoms. The molecule has 1 saturated carbocycles. The highest BCUT2D eigenvalue weighted by molar-refractivity contribution is 5.78. The van der Waals surface area contributed by atoms with Crippen LogP contribution < -0.4 is 5.32 Å². The number of nitrogens with one attached hydrogen (secondary N) is 1. The lowest BCUT2D eigenvalue weighted by Crippen LogP contribution is -2.38. The van der Waals surface area contributed by atoms with Crippen LogP contribution >= 0.6 is 0 Å². The lowest BCUT2D eigenvalue weighted by Gasteiger charge is -2.16. The number of aromatic nitrogens is 1. The van der Waals surface area contributed by atoms with Crippen LogP contribution in [0.3, 0.4) is 0 Å². The predicted octanol–water partition coefficient (Wildman–Crippen LogP) is 2.16. The summed E-state index contributed by atoms with van der Waals surface area (Å²) in [5.41, 5.74) is 1.56. The summed E-state index contributed by atoms with van der Waals surface area (Å²) in [7, 11) is 0. The van der Waals surface area contributed by atoms with Crippen molar-refractivity contribution < 1.29 is 14.4 Å². The molecule has 1 aliphatic rings. The van der Waals surface area contributed by atoms with E-state index in [-0.39, 0.29) is 25.0 Å². The van der Waals surface area contributed by atoms with E-state index in [2.05, 4.69) is 10.5 Å². The second kappa shape index (κ2) is 6.75. The Hall–Kier alpha value is -2.14. The second-order valence-electron chi connectivity index (χ2n) is 5.75. The van der Waals surface area contributed by atoms with Gasteiger partial charge in [-0.2, -0.15) is 0 Å². The van der Waals surface area contributed by atoms with Crippen LogP contribution in [0.15, 0.2) is 40.9 Å². The van der Waals surface area contributed by atoms with Gasteiger partial charge in [0.2, 0.25) is 5.91 Å². The van der Waals surface area contributed by atoms with Crippen molar-refractivity contribution in [2.24, 2.45) is 5.92 Å². The SMILES string of the molecule is O=C(Cc1cc(-c2ccccc2)on1)NC(CCO)C1CC1. The zero-order valence-corrected chi connectivity index (χ0v) is 12.4. The highest BCUT2D eigenvalue weighted by Crippen LogP contribution is 2.33. The molecule has 1 amide bonds. The van der Waals surface area contributed by atoms with E-state index in [1.54, 1.807) is 6.07 Å². The molecule has 0 saturated heterocycles. The highest BCUT2D eigenvalue weighted by Gasteiger charge is 2.31. The Balaban J connectivity index is 1.59. The highest BCUT2D eigenvalue weighted by atomic mass is 16.5. The molecule has 0 aliphatic heterocycles. The molecule has 2 N–H and O–H groups in total. The van der Waals surface area contributed by atoms with Gasteiger partial charge in [0.1, 0.15) is 0 Å². The third kappa shape index (κ3) is 3.74. The molecule has 2 aromatic rings. The van der Waals surface area contributed by atoms with Crippen LogP contribution in [-0.2, 0) is 11.2 Å². The average molecular weight is 300 g/mol. The fourth-order valence-electron chi connectivity index (χ4n) is 2.62. The molecule has 0 radical (unpaired) electrons. The lowest BCUT2D eigenvalue weighted by atomic mass is 10.1. The van der Waals surface area contributed by atoms with Gasteiger partial charge in [-0.25, -0.2) is 0 Å². The number of carbonyl (C=O) groups is 1. The quantitative estimate of drug-likeness (QED) is 0.821. The van der Waals surface area contributed by atoms with Crippen molar-refractivity contribution in [3.05, 3.63) is 42.1 Å². The van der Waals surface area contributed by atoms with Crippen molar-refractivity contribution in [3.63, 3.8) is 0 Å². The number of amides is 1. The van der Waals surface area contributed by atoms with E-state index in [0.29, 0.717) is 23.8 Å². The maximum atomic E-state index is 12.1. The Bertz CT molecular complexity index is 620. The van der Waals surface area contributed by atoms with Crippen molar-refractivity contribution in [1.29, 1.82) is 0 Å². The van der Waals surface area contributed by atoms with Gasteiger partial charge < -0.3 is 14.9 Å². The van der Waals surface area contributed by atoms with Crippen LogP contribution in [-0.4, -0.2) is 28.8 Å². The van der Waals surface area contributed by atoms with Gasteiger partial charge >= 0.3 is 0 Å². The smallest absolute Gasteiger partial charge is 0.226 e. The first-order valence-electron chi connectivity index (χ1n) is 7.67. The molecule has 1 aromatic heterocycles. The Labute approximate surface area is 129 Å². The number of aliphatic hydroxyl groups excluding tert-OH is 1. The third-order valence-electron chi connectivity index (χ3n) is 3.94. The van der Waals surface area contributed by atoms with Gasteiger partial charge in [0.05, 0.1) is 12.1 Å². The number of hydrogen-bond acceptors (Lipinski definition) is 4. The summed E-state index contributed by atoms with van der Waals surface area (Å²) in [5, 5.41) is 16.0. The molecule has 1 aromatic carbocycles. The molecule has 5 nitrogen and oxygen atoms in total. The summed E-state index contributed by atoms with van der Waals surface area (Å²) in [6.07, 6.45) is 3.08. The van der Waals surface area contributed by atoms with Gasteiger partial charge in [0, 0.05) is 24.3 Å². The van der Waals surface area contributed by atoms with E-state index in [9.17, 15) is 4.79 Å². The van der Waals surface area contributed by atoms with Crippen LogP contribution in [0.2, 0.25) is 0 Å². The van der Waals surface area contributed by atoms with E-state index >= 15 is 0 Å². The van der Waals surface area contributed by atoms with Crippen molar-refractivity contribution in [2.75, 3.05) is 6.61 Å². The van der Waals surface area contributed by atoms with Gasteiger partial charge in [0.25, 0.3) is 0 Å². The fraction of sp³-hybridized carbons (Fsp3) is 0.412. The fourth-order valence-corrected chi connectivity index (χ4v) is 2.62. The van der Waals surface area contributed by atoms with E-state index in [1.165, 1.54) is 0 Å². The minimum Gasteiger partial charge on any atom is -0.396 e. The van der Waals surface area contributed by atoms with E-state index < -0.39 is 0 Å². The van der Waals surface area contributed by atoms with Crippen LogP contribution in [0, 0.1) is 5.92 Å². The molecule has 116 valence electrons.